The molecule has 4 nitrogen and oxygen atoms in total. The highest BCUT2D eigenvalue weighted by molar-refractivity contribution is 5.90. The van der Waals surface area contributed by atoms with Gasteiger partial charge in [0.25, 0.3) is 0 Å². The number of fused-ring (bicyclic) bond motifs is 1. The van der Waals surface area contributed by atoms with E-state index in [2.05, 4.69) is 26.0 Å². The average Bonchev–Trinajstić information content (AvgIpc) is 3.16. The van der Waals surface area contributed by atoms with Crippen LogP contribution < -0.4 is 0 Å². The molecule has 1 aromatic rings. The van der Waals surface area contributed by atoms with Gasteiger partial charge in [-0.1, -0.05) is 19.9 Å². The van der Waals surface area contributed by atoms with Gasteiger partial charge in [-0.25, -0.2) is 4.79 Å². The first-order valence-corrected chi connectivity index (χ1v) is 9.77. The number of aryl methyl sites for hydroxylation is 1. The Morgan fingerprint density at radius 3 is 2.81 bits per heavy atom. The summed E-state index contributed by atoms with van der Waals surface area (Å²) in [5.74, 6) is 0.851. The molecule has 1 saturated carbocycles. The van der Waals surface area contributed by atoms with Crippen molar-refractivity contribution in [1.82, 2.24) is 0 Å². The predicted molar refractivity (Wildman–Crippen MR) is 101 cm³/mol. The van der Waals surface area contributed by atoms with E-state index in [1.54, 1.807) is 13.4 Å². The van der Waals surface area contributed by atoms with Crippen LogP contribution >= 0.6 is 0 Å². The normalized spacial score (nSPS) is 34.1. The van der Waals surface area contributed by atoms with Gasteiger partial charge in [-0.2, -0.15) is 0 Å². The maximum atomic E-state index is 12.6. The van der Waals surface area contributed by atoms with Gasteiger partial charge in [0, 0.05) is 18.1 Å². The van der Waals surface area contributed by atoms with Gasteiger partial charge in [-0.3, -0.25) is 0 Å². The van der Waals surface area contributed by atoms with Crippen molar-refractivity contribution in [3.63, 3.8) is 0 Å². The summed E-state index contributed by atoms with van der Waals surface area (Å²) in [6.45, 7) is 5.39. The van der Waals surface area contributed by atoms with Gasteiger partial charge in [-0.15, -0.1) is 0 Å². The van der Waals surface area contributed by atoms with Gasteiger partial charge in [0.05, 0.1) is 26.2 Å². The monoisotopic (exact) mass is 360 g/mol. The zero-order valence-electron chi connectivity index (χ0n) is 16.5. The van der Waals surface area contributed by atoms with Crippen LogP contribution in [0.2, 0.25) is 0 Å². The van der Waals surface area contributed by atoms with Gasteiger partial charge in [0.2, 0.25) is 0 Å². The Morgan fingerprint density at radius 1 is 1.35 bits per heavy atom. The lowest BCUT2D eigenvalue weighted by Gasteiger charge is -2.58. The Bertz CT molecular complexity index is 647. The zero-order valence-corrected chi connectivity index (χ0v) is 16.5. The van der Waals surface area contributed by atoms with Crippen LogP contribution in [-0.4, -0.2) is 26.8 Å². The summed E-state index contributed by atoms with van der Waals surface area (Å²) in [7, 11) is 3.23. The molecule has 4 unspecified atom stereocenters. The molecule has 1 aromatic heterocycles. The summed E-state index contributed by atoms with van der Waals surface area (Å²) in [5, 5.41) is 0. The van der Waals surface area contributed by atoms with E-state index in [-0.39, 0.29) is 16.8 Å². The third kappa shape index (κ3) is 3.13. The van der Waals surface area contributed by atoms with Gasteiger partial charge >= 0.3 is 5.97 Å². The highest BCUT2D eigenvalue weighted by Gasteiger charge is 2.57. The molecule has 0 N–H and O–H groups in total. The second-order valence-electron chi connectivity index (χ2n) is 8.41. The van der Waals surface area contributed by atoms with Crippen molar-refractivity contribution in [1.29, 1.82) is 0 Å². The van der Waals surface area contributed by atoms with E-state index in [1.165, 1.54) is 12.7 Å². The molecule has 0 bridgehead atoms. The van der Waals surface area contributed by atoms with E-state index < -0.39 is 0 Å². The molecule has 144 valence electrons. The third-order valence-corrected chi connectivity index (χ3v) is 7.29. The molecule has 4 heteroatoms. The van der Waals surface area contributed by atoms with E-state index in [9.17, 15) is 4.79 Å². The highest BCUT2D eigenvalue weighted by Crippen LogP contribution is 2.62. The Hall–Kier alpha value is -1.55. The first-order chi connectivity index (χ1) is 12.5. The van der Waals surface area contributed by atoms with Crippen molar-refractivity contribution in [2.24, 2.45) is 22.7 Å². The lowest BCUT2D eigenvalue weighted by atomic mass is 9.46. The average molecular weight is 360 g/mol. The SMILES string of the molecule is COCC12CCC(C)C(C)(CCc3ccoc3)C1CCC=C2C(=O)OC. The number of ether oxygens (including phenoxy) is 2. The molecule has 1 heterocycles. The maximum Gasteiger partial charge on any atom is 0.334 e. The van der Waals surface area contributed by atoms with Crippen molar-refractivity contribution >= 4 is 5.97 Å². The number of esters is 1. The van der Waals surface area contributed by atoms with Crippen LogP contribution in [0.1, 0.15) is 51.5 Å². The molecule has 0 amide bonds. The standard InChI is InChI=1S/C22H32O4/c1-16-8-12-22(15-24-3)18(20(23)25-4)6-5-7-19(22)21(16,2)11-9-17-10-13-26-14-17/h6,10,13-14,16,19H,5,7-9,11-12,15H2,1-4H3. The van der Waals surface area contributed by atoms with Crippen LogP contribution in [0, 0.1) is 22.7 Å². The van der Waals surface area contributed by atoms with Gasteiger partial charge in [0.15, 0.2) is 0 Å². The Labute approximate surface area is 156 Å². The number of carbonyl (C=O) groups is 1. The van der Waals surface area contributed by atoms with E-state index in [0.29, 0.717) is 18.4 Å². The van der Waals surface area contributed by atoms with E-state index in [0.717, 1.165) is 44.1 Å². The molecular formula is C22H32O4. The zero-order chi connectivity index (χ0) is 18.8. The molecule has 26 heavy (non-hydrogen) atoms. The lowest BCUT2D eigenvalue weighted by molar-refractivity contribution is -0.143. The molecule has 2 aliphatic rings. The maximum absolute atomic E-state index is 12.6. The minimum atomic E-state index is -0.224. The predicted octanol–water partition coefficient (Wildman–Crippen LogP) is 4.79. The molecule has 0 aromatic carbocycles. The molecular weight excluding hydrogens is 328 g/mol. The fraction of sp³-hybridized carbons (Fsp3) is 0.682. The van der Waals surface area contributed by atoms with Crippen LogP contribution in [-0.2, 0) is 20.7 Å². The molecule has 0 spiro atoms. The Kier molecular flexibility index (Phi) is 5.61. The van der Waals surface area contributed by atoms with Crippen LogP contribution in [0.5, 0.6) is 0 Å². The van der Waals surface area contributed by atoms with Crippen LogP contribution in [0.3, 0.4) is 0 Å². The second kappa shape index (κ2) is 7.59. The summed E-state index contributed by atoms with van der Waals surface area (Å²) in [4.78, 5) is 12.6. The van der Waals surface area contributed by atoms with E-state index >= 15 is 0 Å². The van der Waals surface area contributed by atoms with Gasteiger partial charge < -0.3 is 13.9 Å². The van der Waals surface area contributed by atoms with Crippen LogP contribution in [0.15, 0.2) is 34.7 Å². The van der Waals surface area contributed by atoms with Crippen molar-refractivity contribution in [2.75, 3.05) is 20.8 Å². The van der Waals surface area contributed by atoms with E-state index in [4.69, 9.17) is 13.9 Å². The number of allylic oxidation sites excluding steroid dienone is 1. The van der Waals surface area contributed by atoms with Gasteiger partial charge in [0.1, 0.15) is 0 Å². The topological polar surface area (TPSA) is 48.7 Å². The third-order valence-electron chi connectivity index (χ3n) is 7.29. The lowest BCUT2D eigenvalue weighted by Crippen LogP contribution is -2.54. The summed E-state index contributed by atoms with van der Waals surface area (Å²) in [6.07, 6.45) is 12.0. The fourth-order valence-corrected chi connectivity index (χ4v) is 5.65. The number of furan rings is 1. The summed E-state index contributed by atoms with van der Waals surface area (Å²) >= 11 is 0. The quantitative estimate of drug-likeness (QED) is 0.684. The number of methoxy groups -OCH3 is 2. The number of hydrogen-bond acceptors (Lipinski definition) is 4. The minimum Gasteiger partial charge on any atom is -0.472 e. The summed E-state index contributed by atoms with van der Waals surface area (Å²) < 4.78 is 16.1. The molecule has 3 rings (SSSR count). The Balaban J connectivity index is 1.95. The Morgan fingerprint density at radius 2 is 2.15 bits per heavy atom. The van der Waals surface area contributed by atoms with E-state index in [1.807, 2.05) is 6.26 Å². The number of hydrogen-bond donors (Lipinski definition) is 0. The first-order valence-electron chi connectivity index (χ1n) is 9.77. The highest BCUT2D eigenvalue weighted by atomic mass is 16.5. The van der Waals surface area contributed by atoms with Crippen molar-refractivity contribution < 1.29 is 18.7 Å². The second-order valence-corrected chi connectivity index (χ2v) is 8.41. The van der Waals surface area contributed by atoms with Crippen molar-refractivity contribution in [3.05, 3.63) is 35.8 Å². The first kappa shape index (κ1) is 19.2. The largest absolute Gasteiger partial charge is 0.472 e. The molecule has 4 atom stereocenters. The smallest absolute Gasteiger partial charge is 0.334 e. The number of carbonyl (C=O) groups excluding carboxylic acids is 1. The van der Waals surface area contributed by atoms with Gasteiger partial charge in [-0.05, 0) is 67.4 Å². The molecule has 0 radical (unpaired) electrons. The van der Waals surface area contributed by atoms with Crippen molar-refractivity contribution in [3.8, 4) is 0 Å². The summed E-state index contributed by atoms with van der Waals surface area (Å²) in [5.41, 5.74) is 2.03. The molecule has 0 saturated heterocycles. The minimum absolute atomic E-state index is 0.154. The molecule has 2 aliphatic carbocycles. The van der Waals surface area contributed by atoms with Crippen LogP contribution in [0.4, 0.5) is 0 Å². The van der Waals surface area contributed by atoms with Crippen molar-refractivity contribution in [2.45, 2.75) is 52.4 Å². The summed E-state index contributed by atoms with van der Waals surface area (Å²) in [6, 6.07) is 2.06. The fourth-order valence-electron chi connectivity index (χ4n) is 5.65. The molecule has 0 aliphatic heterocycles. The van der Waals surface area contributed by atoms with Crippen LogP contribution in [0.25, 0.3) is 0 Å². The number of rotatable bonds is 6. The molecule has 1 fully saturated rings.